The molecule has 0 saturated heterocycles. The van der Waals surface area contributed by atoms with Gasteiger partial charge in [-0.05, 0) is 24.0 Å². The van der Waals surface area contributed by atoms with E-state index in [4.69, 9.17) is 9.47 Å². The highest BCUT2D eigenvalue weighted by Gasteiger charge is 2.24. The molecule has 0 aliphatic carbocycles. The van der Waals surface area contributed by atoms with Crippen molar-refractivity contribution in [2.45, 2.75) is 40.0 Å². The second kappa shape index (κ2) is 10.5. The first kappa shape index (κ1) is 20.6. The van der Waals surface area contributed by atoms with E-state index in [-0.39, 0.29) is 31.6 Å². The largest absolute Gasteiger partial charge is 0.460 e. The molecule has 27 heavy (non-hydrogen) atoms. The summed E-state index contributed by atoms with van der Waals surface area (Å²) < 4.78 is 10.6. The van der Waals surface area contributed by atoms with Gasteiger partial charge in [0.25, 0.3) is 0 Å². The van der Waals surface area contributed by atoms with Crippen LogP contribution in [-0.2, 0) is 32.3 Å². The van der Waals surface area contributed by atoms with Crippen LogP contribution in [0, 0.1) is 12.8 Å². The summed E-state index contributed by atoms with van der Waals surface area (Å²) in [6.45, 7) is 6.18. The van der Waals surface area contributed by atoms with Gasteiger partial charge in [0.2, 0.25) is 0 Å². The van der Waals surface area contributed by atoms with Crippen molar-refractivity contribution in [2.75, 3.05) is 6.54 Å². The van der Waals surface area contributed by atoms with E-state index in [1.54, 1.807) is 0 Å². The number of rotatable bonds is 9. The van der Waals surface area contributed by atoms with E-state index in [1.807, 2.05) is 75.4 Å². The van der Waals surface area contributed by atoms with Gasteiger partial charge in [-0.15, -0.1) is 0 Å². The molecule has 0 aliphatic rings. The lowest BCUT2D eigenvalue weighted by Gasteiger charge is -2.20. The molecule has 0 amide bonds. The molecule has 144 valence electrons. The molecule has 0 heterocycles. The third-order valence-electron chi connectivity index (χ3n) is 4.13. The number of hydrogen-bond acceptors (Lipinski definition) is 5. The Morgan fingerprint density at radius 3 is 2.11 bits per heavy atom. The van der Waals surface area contributed by atoms with Crippen LogP contribution in [0.1, 0.15) is 30.5 Å². The zero-order valence-electron chi connectivity index (χ0n) is 16.1. The second-order valence-corrected chi connectivity index (χ2v) is 6.84. The quantitative estimate of drug-likeness (QED) is 0.687. The van der Waals surface area contributed by atoms with Crippen LogP contribution in [0.25, 0.3) is 0 Å². The smallest absolute Gasteiger partial charge is 0.323 e. The molecule has 0 aliphatic heterocycles. The number of esters is 2. The molecule has 0 radical (unpaired) electrons. The van der Waals surface area contributed by atoms with Crippen molar-refractivity contribution in [2.24, 2.45) is 5.92 Å². The lowest BCUT2D eigenvalue weighted by molar-refractivity contribution is -0.149. The van der Waals surface area contributed by atoms with Crippen LogP contribution >= 0.6 is 0 Å². The van der Waals surface area contributed by atoms with Crippen LogP contribution in [0.2, 0.25) is 0 Å². The fourth-order valence-corrected chi connectivity index (χ4v) is 2.50. The van der Waals surface area contributed by atoms with Crippen molar-refractivity contribution in [3.05, 3.63) is 71.3 Å². The van der Waals surface area contributed by atoms with Crippen LogP contribution in [0.3, 0.4) is 0 Å². The summed E-state index contributed by atoms with van der Waals surface area (Å²) in [5, 5.41) is 2.95. The maximum absolute atomic E-state index is 12.3. The van der Waals surface area contributed by atoms with Crippen LogP contribution < -0.4 is 5.32 Å². The molecule has 0 bridgehead atoms. The minimum absolute atomic E-state index is 0.0156. The Morgan fingerprint density at radius 1 is 0.889 bits per heavy atom. The number of carbonyl (C=O) groups excluding carboxylic acids is 2. The standard InChI is InChI=1S/C22H27NO4/c1-16(2)21(22(25)27-15-18-7-5-4-6-8-18)23-13-20(24)26-14-19-11-9-17(3)10-12-19/h4-12,16,21,23H,13-15H2,1-3H3. The van der Waals surface area contributed by atoms with E-state index in [9.17, 15) is 9.59 Å². The highest BCUT2D eigenvalue weighted by molar-refractivity contribution is 5.78. The first-order valence-corrected chi connectivity index (χ1v) is 9.11. The van der Waals surface area contributed by atoms with Gasteiger partial charge in [0.05, 0.1) is 6.54 Å². The van der Waals surface area contributed by atoms with Gasteiger partial charge in [0, 0.05) is 0 Å². The molecule has 1 atom stereocenters. The van der Waals surface area contributed by atoms with Gasteiger partial charge in [0.1, 0.15) is 19.3 Å². The Hall–Kier alpha value is -2.66. The third-order valence-corrected chi connectivity index (χ3v) is 4.13. The van der Waals surface area contributed by atoms with Gasteiger partial charge < -0.3 is 9.47 Å². The SMILES string of the molecule is Cc1ccc(COC(=O)CNC(C(=O)OCc2ccccc2)C(C)C)cc1. The molecule has 2 aromatic carbocycles. The normalized spacial score (nSPS) is 11.9. The molecule has 0 aromatic heterocycles. The summed E-state index contributed by atoms with van der Waals surface area (Å²) in [7, 11) is 0. The Kier molecular flexibility index (Phi) is 8.01. The predicted molar refractivity (Wildman–Crippen MR) is 104 cm³/mol. The maximum Gasteiger partial charge on any atom is 0.323 e. The molecule has 5 nitrogen and oxygen atoms in total. The number of carbonyl (C=O) groups is 2. The zero-order chi connectivity index (χ0) is 19.6. The van der Waals surface area contributed by atoms with Crippen molar-refractivity contribution in [1.82, 2.24) is 5.32 Å². The summed E-state index contributed by atoms with van der Waals surface area (Å²) in [6.07, 6.45) is 0. The van der Waals surface area contributed by atoms with Crippen molar-refractivity contribution >= 4 is 11.9 Å². The fraction of sp³-hybridized carbons (Fsp3) is 0.364. The van der Waals surface area contributed by atoms with Crippen molar-refractivity contribution < 1.29 is 19.1 Å². The van der Waals surface area contributed by atoms with Crippen LogP contribution in [-0.4, -0.2) is 24.5 Å². The Balaban J connectivity index is 1.77. The van der Waals surface area contributed by atoms with Gasteiger partial charge in [-0.1, -0.05) is 74.0 Å². The molecule has 5 heteroatoms. The van der Waals surface area contributed by atoms with Crippen LogP contribution in [0.4, 0.5) is 0 Å². The lowest BCUT2D eigenvalue weighted by atomic mass is 10.0. The Bertz CT molecular complexity index is 726. The topological polar surface area (TPSA) is 64.6 Å². The minimum atomic E-state index is -0.569. The first-order valence-electron chi connectivity index (χ1n) is 9.11. The van der Waals surface area contributed by atoms with Gasteiger partial charge in [0.15, 0.2) is 0 Å². The van der Waals surface area contributed by atoms with E-state index in [1.165, 1.54) is 0 Å². The molecule has 2 aromatic rings. The monoisotopic (exact) mass is 369 g/mol. The second-order valence-electron chi connectivity index (χ2n) is 6.84. The number of ether oxygens (including phenoxy) is 2. The molecular weight excluding hydrogens is 342 g/mol. The third kappa shape index (κ3) is 7.23. The van der Waals surface area contributed by atoms with Crippen molar-refractivity contribution in [1.29, 1.82) is 0 Å². The van der Waals surface area contributed by atoms with E-state index in [0.717, 1.165) is 16.7 Å². The average molecular weight is 369 g/mol. The number of aryl methyl sites for hydroxylation is 1. The summed E-state index contributed by atoms with van der Waals surface area (Å²) in [6, 6.07) is 16.7. The molecule has 0 fully saturated rings. The molecule has 1 unspecified atom stereocenters. The Morgan fingerprint density at radius 2 is 1.48 bits per heavy atom. The van der Waals surface area contributed by atoms with E-state index < -0.39 is 12.0 Å². The first-order chi connectivity index (χ1) is 13.0. The lowest BCUT2D eigenvalue weighted by Crippen LogP contribution is -2.44. The fourth-order valence-electron chi connectivity index (χ4n) is 2.50. The van der Waals surface area contributed by atoms with Gasteiger partial charge >= 0.3 is 11.9 Å². The van der Waals surface area contributed by atoms with Crippen molar-refractivity contribution in [3.63, 3.8) is 0 Å². The predicted octanol–water partition coefficient (Wildman–Crippen LogP) is 3.40. The van der Waals surface area contributed by atoms with E-state index in [2.05, 4.69) is 5.32 Å². The van der Waals surface area contributed by atoms with E-state index >= 15 is 0 Å². The molecule has 2 rings (SSSR count). The maximum atomic E-state index is 12.3. The zero-order valence-corrected chi connectivity index (χ0v) is 16.1. The summed E-state index contributed by atoms with van der Waals surface area (Å²) in [5.41, 5.74) is 3.00. The van der Waals surface area contributed by atoms with Gasteiger partial charge in [-0.2, -0.15) is 0 Å². The summed E-state index contributed by atoms with van der Waals surface area (Å²) in [4.78, 5) is 24.3. The highest BCUT2D eigenvalue weighted by atomic mass is 16.5. The highest BCUT2D eigenvalue weighted by Crippen LogP contribution is 2.08. The van der Waals surface area contributed by atoms with Gasteiger partial charge in [-0.25, -0.2) is 0 Å². The molecule has 0 saturated carbocycles. The summed E-state index contributed by atoms with van der Waals surface area (Å²) in [5.74, 6) is -0.796. The number of hydrogen-bond donors (Lipinski definition) is 1. The summed E-state index contributed by atoms with van der Waals surface area (Å²) >= 11 is 0. The Labute approximate surface area is 160 Å². The molecule has 0 spiro atoms. The van der Waals surface area contributed by atoms with Crippen LogP contribution in [0.5, 0.6) is 0 Å². The average Bonchev–Trinajstić information content (AvgIpc) is 2.66. The molecule has 1 N–H and O–H groups in total. The van der Waals surface area contributed by atoms with E-state index in [0.29, 0.717) is 0 Å². The van der Waals surface area contributed by atoms with Gasteiger partial charge in [-0.3, -0.25) is 14.9 Å². The van der Waals surface area contributed by atoms with Crippen molar-refractivity contribution in [3.8, 4) is 0 Å². The number of benzene rings is 2. The molecular formula is C22H27NO4. The van der Waals surface area contributed by atoms with Crippen LogP contribution in [0.15, 0.2) is 54.6 Å². The minimum Gasteiger partial charge on any atom is -0.460 e. The number of nitrogens with one attached hydrogen (secondary N) is 1.